The summed E-state index contributed by atoms with van der Waals surface area (Å²) in [5, 5.41) is 5.65. The molecule has 4 amide bonds. The van der Waals surface area contributed by atoms with E-state index >= 15 is 0 Å². The first-order chi connectivity index (χ1) is 18.3. The van der Waals surface area contributed by atoms with Gasteiger partial charge in [-0.1, -0.05) is 34.1 Å². The molecule has 2 N–H and O–H groups in total. The second kappa shape index (κ2) is 12.6. The Morgan fingerprint density at radius 1 is 1.00 bits per heavy atom. The molecular formula is C29H43N5O5. The molecule has 2 heterocycles. The average molecular weight is 542 g/mol. The normalized spacial score (nSPS) is 20.9. The van der Waals surface area contributed by atoms with E-state index in [1.165, 1.54) is 11.8 Å². The zero-order valence-corrected chi connectivity index (χ0v) is 24.2. The third-order valence-electron chi connectivity index (χ3n) is 7.78. The summed E-state index contributed by atoms with van der Waals surface area (Å²) < 4.78 is 0. The molecule has 1 aromatic carbocycles. The summed E-state index contributed by atoms with van der Waals surface area (Å²) in [5.41, 5.74) is 1.40. The molecule has 1 aromatic rings. The number of nitrogens with one attached hydrogen (secondary N) is 2. The van der Waals surface area contributed by atoms with Crippen LogP contribution in [-0.4, -0.2) is 90.6 Å². The first-order valence-electron chi connectivity index (χ1n) is 13.8. The molecule has 5 atom stereocenters. The summed E-state index contributed by atoms with van der Waals surface area (Å²) >= 11 is 0. The Morgan fingerprint density at radius 3 is 2.18 bits per heavy atom. The first kappa shape index (κ1) is 30.1. The van der Waals surface area contributed by atoms with Gasteiger partial charge < -0.3 is 25.3 Å². The van der Waals surface area contributed by atoms with Gasteiger partial charge in [-0.05, 0) is 48.9 Å². The average Bonchev–Trinajstić information content (AvgIpc) is 3.46. The van der Waals surface area contributed by atoms with E-state index in [0.717, 1.165) is 5.69 Å². The minimum Gasteiger partial charge on any atom is -0.378 e. The zero-order valence-electron chi connectivity index (χ0n) is 24.2. The molecule has 0 radical (unpaired) electrons. The van der Waals surface area contributed by atoms with Gasteiger partial charge in [-0.2, -0.15) is 0 Å². The molecule has 2 fully saturated rings. The molecule has 0 aliphatic carbocycles. The Bertz CT molecular complexity index is 1090. The van der Waals surface area contributed by atoms with Crippen molar-refractivity contribution in [1.29, 1.82) is 0 Å². The van der Waals surface area contributed by atoms with Crippen LogP contribution < -0.4 is 15.5 Å². The topological polar surface area (TPSA) is 119 Å². The van der Waals surface area contributed by atoms with Gasteiger partial charge in [-0.25, -0.2) is 0 Å². The molecule has 0 aromatic heterocycles. The van der Waals surface area contributed by atoms with Crippen LogP contribution in [-0.2, 0) is 19.2 Å². The number of amides is 4. The van der Waals surface area contributed by atoms with Gasteiger partial charge in [0, 0.05) is 38.8 Å². The summed E-state index contributed by atoms with van der Waals surface area (Å²) in [6.45, 7) is 9.39. The van der Waals surface area contributed by atoms with Gasteiger partial charge in [-0.3, -0.25) is 24.0 Å². The van der Waals surface area contributed by atoms with Crippen molar-refractivity contribution < 1.29 is 24.0 Å². The molecular weight excluding hydrogens is 498 g/mol. The monoisotopic (exact) mass is 541 g/mol. The summed E-state index contributed by atoms with van der Waals surface area (Å²) in [4.78, 5) is 70.3. The Labute approximate surface area is 231 Å². The van der Waals surface area contributed by atoms with Gasteiger partial charge >= 0.3 is 0 Å². The van der Waals surface area contributed by atoms with Crippen molar-refractivity contribution in [2.24, 2.45) is 11.8 Å². The van der Waals surface area contributed by atoms with Crippen molar-refractivity contribution in [3.05, 3.63) is 29.8 Å². The summed E-state index contributed by atoms with van der Waals surface area (Å²) in [6.07, 6.45) is 1.57. The van der Waals surface area contributed by atoms with Crippen LogP contribution in [0.2, 0.25) is 0 Å². The molecule has 0 saturated carbocycles. The van der Waals surface area contributed by atoms with Crippen molar-refractivity contribution in [3.63, 3.8) is 0 Å². The lowest BCUT2D eigenvalue weighted by Gasteiger charge is -2.31. The Morgan fingerprint density at radius 2 is 1.64 bits per heavy atom. The van der Waals surface area contributed by atoms with Gasteiger partial charge in [0.2, 0.25) is 17.7 Å². The third kappa shape index (κ3) is 6.78. The molecule has 0 spiro atoms. The van der Waals surface area contributed by atoms with E-state index < -0.39 is 24.2 Å². The minimum atomic E-state index is -0.797. The number of rotatable bonds is 10. The number of Topliss-reactive ketones (excluding diaryl/α,β-unsaturated/α-hetero) is 1. The maximum Gasteiger partial charge on any atom is 0.251 e. The van der Waals surface area contributed by atoms with E-state index in [4.69, 9.17) is 0 Å². The van der Waals surface area contributed by atoms with Gasteiger partial charge in [0.25, 0.3) is 5.91 Å². The summed E-state index contributed by atoms with van der Waals surface area (Å²) in [6, 6.07) is 4.42. The number of nitrogens with zero attached hydrogens (tertiary/aromatic N) is 3. The molecule has 2 aliphatic heterocycles. The number of carbonyl (C=O) groups is 5. The molecule has 2 aliphatic rings. The SMILES string of the molecule is CCC(C)C(NC(C)=O)C(=O)N1CC(=O)C2C1CCN2C(=O)C(CC(C)C)NC(=O)c1ccc(N(C)C)cc1. The zero-order chi connectivity index (χ0) is 29.0. The molecule has 214 valence electrons. The number of benzene rings is 1. The van der Waals surface area contributed by atoms with Crippen molar-refractivity contribution in [3.8, 4) is 0 Å². The van der Waals surface area contributed by atoms with Crippen molar-refractivity contribution >= 4 is 35.1 Å². The van der Waals surface area contributed by atoms with Crippen LogP contribution in [0.1, 0.15) is 64.2 Å². The highest BCUT2D eigenvalue weighted by Gasteiger charge is 2.53. The fourth-order valence-electron chi connectivity index (χ4n) is 5.48. The molecule has 2 saturated heterocycles. The van der Waals surface area contributed by atoms with E-state index in [-0.39, 0.29) is 47.8 Å². The summed E-state index contributed by atoms with van der Waals surface area (Å²) in [5.74, 6) is -1.43. The van der Waals surface area contributed by atoms with Crippen LogP contribution in [0.4, 0.5) is 5.69 Å². The van der Waals surface area contributed by atoms with Crippen LogP contribution >= 0.6 is 0 Å². The number of hydrogen-bond donors (Lipinski definition) is 2. The standard InChI is InChI=1S/C29H43N5O5/c1-8-18(4)25(30-19(5)35)29(39)34-16-24(36)26-23(34)13-14-33(26)28(38)22(15-17(2)3)31-27(37)20-9-11-21(12-10-20)32(6)7/h9-12,17-18,22-23,25-26H,8,13-16H2,1-7H3,(H,30,35)(H,31,37). The van der Waals surface area contributed by atoms with E-state index in [1.54, 1.807) is 17.0 Å². The first-order valence-corrected chi connectivity index (χ1v) is 13.8. The quantitative estimate of drug-likeness (QED) is 0.467. The highest BCUT2D eigenvalue weighted by atomic mass is 16.2. The predicted octanol–water partition coefficient (Wildman–Crippen LogP) is 1.83. The molecule has 0 bridgehead atoms. The highest BCUT2D eigenvalue weighted by Crippen LogP contribution is 2.32. The van der Waals surface area contributed by atoms with Gasteiger partial charge in [0.1, 0.15) is 18.1 Å². The Hall–Kier alpha value is -3.43. The largest absolute Gasteiger partial charge is 0.378 e. The Balaban J connectivity index is 1.78. The lowest BCUT2D eigenvalue weighted by molar-refractivity contribution is -0.139. The molecule has 10 heteroatoms. The number of anilines is 1. The van der Waals surface area contributed by atoms with Crippen molar-refractivity contribution in [2.75, 3.05) is 32.1 Å². The fourth-order valence-corrected chi connectivity index (χ4v) is 5.48. The van der Waals surface area contributed by atoms with Gasteiger partial charge in [-0.15, -0.1) is 0 Å². The Kier molecular flexibility index (Phi) is 9.74. The predicted molar refractivity (Wildman–Crippen MR) is 149 cm³/mol. The van der Waals surface area contributed by atoms with Gasteiger partial charge in [0.15, 0.2) is 5.78 Å². The van der Waals surface area contributed by atoms with Crippen LogP contribution in [0.25, 0.3) is 0 Å². The van der Waals surface area contributed by atoms with Crippen LogP contribution in [0, 0.1) is 11.8 Å². The number of likely N-dealkylation sites (tertiary alicyclic amines) is 2. The minimum absolute atomic E-state index is 0.0934. The van der Waals surface area contributed by atoms with Crippen LogP contribution in [0.5, 0.6) is 0 Å². The molecule has 5 unspecified atom stereocenters. The maximum absolute atomic E-state index is 13.8. The van der Waals surface area contributed by atoms with Crippen molar-refractivity contribution in [2.45, 2.75) is 78.0 Å². The second-order valence-corrected chi connectivity index (χ2v) is 11.4. The lowest BCUT2D eigenvalue weighted by Crippen LogP contribution is -2.54. The van der Waals surface area contributed by atoms with Crippen LogP contribution in [0.3, 0.4) is 0 Å². The van der Waals surface area contributed by atoms with E-state index in [1.807, 2.05) is 58.8 Å². The fraction of sp³-hybridized carbons (Fsp3) is 0.621. The highest BCUT2D eigenvalue weighted by molar-refractivity contribution is 6.01. The molecule has 10 nitrogen and oxygen atoms in total. The van der Waals surface area contributed by atoms with Crippen molar-refractivity contribution in [1.82, 2.24) is 20.4 Å². The molecule has 39 heavy (non-hydrogen) atoms. The number of carbonyl (C=O) groups excluding carboxylic acids is 5. The number of hydrogen-bond acceptors (Lipinski definition) is 6. The number of fused-ring (bicyclic) bond motifs is 1. The number of ketones is 1. The third-order valence-corrected chi connectivity index (χ3v) is 7.78. The van der Waals surface area contributed by atoms with Crippen LogP contribution in [0.15, 0.2) is 24.3 Å². The van der Waals surface area contributed by atoms with E-state index in [2.05, 4.69) is 10.6 Å². The van der Waals surface area contributed by atoms with E-state index in [9.17, 15) is 24.0 Å². The second-order valence-electron chi connectivity index (χ2n) is 11.4. The van der Waals surface area contributed by atoms with E-state index in [0.29, 0.717) is 31.4 Å². The smallest absolute Gasteiger partial charge is 0.251 e. The molecule has 3 rings (SSSR count). The summed E-state index contributed by atoms with van der Waals surface area (Å²) in [7, 11) is 3.83. The maximum atomic E-state index is 13.8. The van der Waals surface area contributed by atoms with Gasteiger partial charge in [0.05, 0.1) is 12.6 Å². The lowest BCUT2D eigenvalue weighted by atomic mass is 9.97.